The van der Waals surface area contributed by atoms with Gasteiger partial charge in [-0.25, -0.2) is 5.43 Å². The van der Waals surface area contributed by atoms with Gasteiger partial charge in [0.05, 0.1) is 6.07 Å². The first-order valence-corrected chi connectivity index (χ1v) is 7.53. The molecule has 0 spiro atoms. The average Bonchev–Trinajstić information content (AvgIpc) is 2.55. The number of Topliss-reactive ketones (excluding diaryl/α,β-unsaturated/α-hetero) is 1. The van der Waals surface area contributed by atoms with Gasteiger partial charge >= 0.3 is 0 Å². The second-order valence-electron chi connectivity index (χ2n) is 6.39. The van der Waals surface area contributed by atoms with Crippen molar-refractivity contribution in [3.8, 4) is 6.07 Å². The maximum atomic E-state index is 12.4. The van der Waals surface area contributed by atoms with Gasteiger partial charge in [-0.1, -0.05) is 63.2 Å². The molecule has 0 aliphatic heterocycles. The van der Waals surface area contributed by atoms with Gasteiger partial charge in [-0.15, -0.1) is 0 Å². The number of nitriles is 1. The fourth-order valence-corrected chi connectivity index (χ4v) is 2.13. The van der Waals surface area contributed by atoms with Crippen molar-refractivity contribution in [1.82, 2.24) is 5.43 Å². The highest BCUT2D eigenvalue weighted by Gasteiger charge is 2.20. The molecule has 0 aromatic heterocycles. The van der Waals surface area contributed by atoms with Gasteiger partial charge in [-0.2, -0.15) is 5.26 Å². The number of carbonyl (C=O) groups excluding carboxylic acids is 1. The molecule has 0 saturated carbocycles. The summed E-state index contributed by atoms with van der Waals surface area (Å²) in [5, 5.41) is 9.25. The van der Waals surface area contributed by atoms with Gasteiger partial charge in [0.25, 0.3) is 0 Å². The van der Waals surface area contributed by atoms with Crippen LogP contribution in [-0.4, -0.2) is 11.8 Å². The molecule has 4 nitrogen and oxygen atoms in total. The van der Waals surface area contributed by atoms with Crippen molar-refractivity contribution in [2.24, 2.45) is 0 Å². The molecular formula is C19H21N3O. The van der Waals surface area contributed by atoms with Crippen molar-refractivity contribution in [2.45, 2.75) is 32.2 Å². The van der Waals surface area contributed by atoms with Crippen LogP contribution >= 0.6 is 0 Å². The second kappa shape index (κ2) is 7.08. The van der Waals surface area contributed by atoms with Crippen LogP contribution in [0.15, 0.2) is 54.6 Å². The van der Waals surface area contributed by atoms with Gasteiger partial charge in [-0.3, -0.25) is 4.79 Å². The summed E-state index contributed by atoms with van der Waals surface area (Å²) in [6, 6.07) is 17.8. The summed E-state index contributed by atoms with van der Waals surface area (Å²) in [6.45, 7) is 6.35. The molecule has 1 unspecified atom stereocenters. The molecule has 4 heteroatoms. The summed E-state index contributed by atoms with van der Waals surface area (Å²) in [5.41, 5.74) is 8.15. The van der Waals surface area contributed by atoms with Gasteiger partial charge in [0.1, 0.15) is 0 Å². The lowest BCUT2D eigenvalue weighted by Gasteiger charge is -2.19. The number of benzene rings is 2. The molecular weight excluding hydrogens is 286 g/mol. The Labute approximate surface area is 137 Å². The number of hydrogen-bond acceptors (Lipinski definition) is 4. The van der Waals surface area contributed by atoms with Crippen LogP contribution < -0.4 is 10.9 Å². The Hall–Kier alpha value is -2.64. The maximum absolute atomic E-state index is 12.4. The molecule has 2 N–H and O–H groups in total. The fraction of sp³-hybridized carbons (Fsp3) is 0.263. The minimum Gasteiger partial charge on any atom is -0.320 e. The van der Waals surface area contributed by atoms with Crippen molar-refractivity contribution >= 4 is 11.5 Å². The van der Waals surface area contributed by atoms with E-state index in [0.29, 0.717) is 5.56 Å². The number of nitrogens with zero attached hydrogens (tertiary/aromatic N) is 1. The predicted molar refractivity (Wildman–Crippen MR) is 92.1 cm³/mol. The van der Waals surface area contributed by atoms with Gasteiger partial charge in [0, 0.05) is 11.3 Å². The van der Waals surface area contributed by atoms with Gasteiger partial charge in [0.15, 0.2) is 11.8 Å². The first kappa shape index (κ1) is 16.7. The molecule has 2 aromatic rings. The topological polar surface area (TPSA) is 64.9 Å². The smallest absolute Gasteiger partial charge is 0.195 e. The first-order valence-electron chi connectivity index (χ1n) is 7.53. The van der Waals surface area contributed by atoms with Gasteiger partial charge in [0.2, 0.25) is 0 Å². The van der Waals surface area contributed by atoms with Crippen LogP contribution in [0.1, 0.15) is 36.7 Å². The number of nitrogens with one attached hydrogen (secondary N) is 2. The van der Waals surface area contributed by atoms with Crippen LogP contribution in [-0.2, 0) is 5.41 Å². The molecule has 0 fully saturated rings. The molecule has 0 radical (unpaired) electrons. The van der Waals surface area contributed by atoms with Crippen LogP contribution in [0.25, 0.3) is 0 Å². The van der Waals surface area contributed by atoms with Gasteiger partial charge < -0.3 is 5.43 Å². The van der Waals surface area contributed by atoms with Gasteiger partial charge in [-0.05, 0) is 23.1 Å². The minimum atomic E-state index is -0.948. The van der Waals surface area contributed by atoms with Crippen molar-refractivity contribution in [1.29, 1.82) is 5.26 Å². The molecule has 118 valence electrons. The Kier molecular flexibility index (Phi) is 5.15. The van der Waals surface area contributed by atoms with E-state index in [1.165, 1.54) is 0 Å². The first-order chi connectivity index (χ1) is 10.9. The lowest BCUT2D eigenvalue weighted by molar-refractivity contribution is 0.0969. The van der Waals surface area contributed by atoms with Crippen molar-refractivity contribution in [3.63, 3.8) is 0 Å². The number of hydrazine groups is 1. The number of anilines is 1. The summed E-state index contributed by atoms with van der Waals surface area (Å²) in [6.07, 6.45) is 0. The summed E-state index contributed by atoms with van der Waals surface area (Å²) in [5.74, 6) is -0.253. The molecule has 2 rings (SSSR count). The Bertz CT molecular complexity index is 694. The second-order valence-corrected chi connectivity index (χ2v) is 6.39. The van der Waals surface area contributed by atoms with E-state index < -0.39 is 6.04 Å². The third-order valence-electron chi connectivity index (χ3n) is 3.56. The molecule has 0 bridgehead atoms. The highest BCUT2D eigenvalue weighted by Crippen LogP contribution is 2.22. The van der Waals surface area contributed by atoms with E-state index in [4.69, 9.17) is 0 Å². The fourth-order valence-electron chi connectivity index (χ4n) is 2.13. The van der Waals surface area contributed by atoms with E-state index >= 15 is 0 Å². The van der Waals surface area contributed by atoms with E-state index in [2.05, 4.69) is 31.6 Å². The Morgan fingerprint density at radius 2 is 1.65 bits per heavy atom. The summed E-state index contributed by atoms with van der Waals surface area (Å²) >= 11 is 0. The zero-order valence-corrected chi connectivity index (χ0v) is 13.6. The number of rotatable bonds is 5. The molecule has 0 saturated heterocycles. The molecule has 0 amide bonds. The minimum absolute atomic E-state index is 0.0311. The van der Waals surface area contributed by atoms with Crippen LogP contribution in [0.2, 0.25) is 0 Å². The molecule has 0 aliphatic rings. The third-order valence-corrected chi connectivity index (χ3v) is 3.56. The summed E-state index contributed by atoms with van der Waals surface area (Å²) < 4.78 is 0. The largest absolute Gasteiger partial charge is 0.320 e. The quantitative estimate of drug-likeness (QED) is 0.653. The lowest BCUT2D eigenvalue weighted by Crippen LogP contribution is -2.39. The molecule has 1 atom stereocenters. The monoisotopic (exact) mass is 307 g/mol. The number of carbonyl (C=O) groups is 1. The lowest BCUT2D eigenvalue weighted by atomic mass is 9.86. The van der Waals surface area contributed by atoms with E-state index in [-0.39, 0.29) is 11.2 Å². The predicted octanol–water partition coefficient (Wildman–Crippen LogP) is 3.68. The van der Waals surface area contributed by atoms with E-state index in [1.54, 1.807) is 12.1 Å². The van der Waals surface area contributed by atoms with Crippen LogP contribution in [0.3, 0.4) is 0 Å². The zero-order valence-electron chi connectivity index (χ0n) is 13.6. The number of hydrogen-bond donors (Lipinski definition) is 2. The Morgan fingerprint density at radius 3 is 2.17 bits per heavy atom. The summed E-state index contributed by atoms with van der Waals surface area (Å²) in [4.78, 5) is 12.4. The highest BCUT2D eigenvalue weighted by atomic mass is 16.1. The standard InChI is InChI=1S/C19H21N3O/c1-19(2,3)15-11-9-14(10-12-15)18(23)17(13-20)22-21-16-7-5-4-6-8-16/h4-12,17,21-22H,1-3H3. The normalized spacial score (nSPS) is 12.3. The van der Waals surface area contributed by atoms with Crippen LogP contribution in [0.5, 0.6) is 0 Å². The SMILES string of the molecule is CC(C)(C)c1ccc(C(=O)C(C#N)NNc2ccccc2)cc1. The Balaban J connectivity index is 2.06. The molecule has 0 aliphatic carbocycles. The van der Waals surface area contributed by atoms with Crippen molar-refractivity contribution < 1.29 is 4.79 Å². The maximum Gasteiger partial charge on any atom is 0.195 e. The van der Waals surface area contributed by atoms with E-state index in [1.807, 2.05) is 48.5 Å². The number of ketones is 1. The van der Waals surface area contributed by atoms with E-state index in [9.17, 15) is 10.1 Å². The van der Waals surface area contributed by atoms with Crippen LogP contribution in [0.4, 0.5) is 5.69 Å². The van der Waals surface area contributed by atoms with Crippen molar-refractivity contribution in [3.05, 3.63) is 65.7 Å². The van der Waals surface area contributed by atoms with Crippen LogP contribution in [0, 0.1) is 11.3 Å². The highest BCUT2D eigenvalue weighted by molar-refractivity contribution is 6.02. The third kappa shape index (κ3) is 4.41. The molecule has 23 heavy (non-hydrogen) atoms. The molecule has 2 aromatic carbocycles. The van der Waals surface area contributed by atoms with Crippen molar-refractivity contribution in [2.75, 3.05) is 5.43 Å². The number of para-hydroxylation sites is 1. The Morgan fingerprint density at radius 1 is 1.04 bits per heavy atom. The summed E-state index contributed by atoms with van der Waals surface area (Å²) in [7, 11) is 0. The van der Waals surface area contributed by atoms with E-state index in [0.717, 1.165) is 11.3 Å². The average molecular weight is 307 g/mol. The molecule has 0 heterocycles. The zero-order chi connectivity index (χ0) is 16.9.